The molecule has 2 fully saturated rings. The molecule has 2 aromatic heterocycles. The summed E-state index contributed by atoms with van der Waals surface area (Å²) in [6.07, 6.45) is -0.737. The van der Waals surface area contributed by atoms with Gasteiger partial charge < -0.3 is 0 Å². The first kappa shape index (κ1) is 22.1. The van der Waals surface area contributed by atoms with Gasteiger partial charge in [-0.15, -0.1) is 0 Å². The molecule has 0 radical (unpaired) electrons. The van der Waals surface area contributed by atoms with Crippen molar-refractivity contribution in [2.75, 3.05) is 19.6 Å². The Bertz CT molecular complexity index is 997. The fraction of sp³-hybridized carbons (Fsp3) is 0.696. The molecule has 3 heterocycles. The van der Waals surface area contributed by atoms with Crippen LogP contribution in [0.15, 0.2) is 6.07 Å². The van der Waals surface area contributed by atoms with Crippen LogP contribution < -0.4 is 0 Å². The van der Waals surface area contributed by atoms with Gasteiger partial charge in [0.2, 0.25) is 0 Å². The van der Waals surface area contributed by atoms with Crippen LogP contribution >= 0.6 is 0 Å². The molecule has 0 unspecified atom stereocenters. The number of halogens is 3. The SMILES string of the molecule is Cc1nc2cc([C@H]3CC[C@H](C(F)(F)F)CC3)nn2c([C@]2(C)CCCN(CC#N)C2)c1C. The number of piperidine rings is 1. The number of hydrogen-bond acceptors (Lipinski definition) is 4. The first-order valence-corrected chi connectivity index (χ1v) is 11.2. The normalized spacial score (nSPS) is 28.0. The maximum Gasteiger partial charge on any atom is 0.391 e. The lowest BCUT2D eigenvalue weighted by atomic mass is 9.77. The molecule has 2 aromatic rings. The summed E-state index contributed by atoms with van der Waals surface area (Å²) < 4.78 is 41.1. The van der Waals surface area contributed by atoms with Gasteiger partial charge in [-0.05, 0) is 64.5 Å². The average molecular weight is 434 g/mol. The van der Waals surface area contributed by atoms with Crippen molar-refractivity contribution in [3.63, 3.8) is 0 Å². The van der Waals surface area contributed by atoms with Crippen LogP contribution in [-0.2, 0) is 5.41 Å². The summed E-state index contributed by atoms with van der Waals surface area (Å²) in [6.45, 7) is 8.41. The van der Waals surface area contributed by atoms with Crippen LogP contribution in [0.5, 0.6) is 0 Å². The zero-order chi connectivity index (χ0) is 22.4. The van der Waals surface area contributed by atoms with Crippen molar-refractivity contribution >= 4 is 5.65 Å². The monoisotopic (exact) mass is 433 g/mol. The molecule has 5 nitrogen and oxygen atoms in total. The number of aryl methyl sites for hydroxylation is 1. The van der Waals surface area contributed by atoms with E-state index >= 15 is 0 Å². The molecular formula is C23H30F3N5. The Balaban J connectivity index is 1.69. The van der Waals surface area contributed by atoms with Crippen molar-refractivity contribution in [2.24, 2.45) is 5.92 Å². The Kier molecular flexibility index (Phi) is 5.76. The zero-order valence-corrected chi connectivity index (χ0v) is 18.5. The Labute approximate surface area is 181 Å². The van der Waals surface area contributed by atoms with E-state index in [1.54, 1.807) is 0 Å². The first-order chi connectivity index (χ1) is 14.6. The topological polar surface area (TPSA) is 57.2 Å². The van der Waals surface area contributed by atoms with Crippen LogP contribution in [0, 0.1) is 31.1 Å². The molecule has 2 aliphatic rings. The minimum atomic E-state index is -4.10. The lowest BCUT2D eigenvalue weighted by molar-refractivity contribution is -0.182. The molecule has 0 spiro atoms. The van der Waals surface area contributed by atoms with Crippen molar-refractivity contribution in [1.82, 2.24) is 19.5 Å². The summed E-state index contributed by atoms with van der Waals surface area (Å²) in [5.74, 6) is -1.14. The van der Waals surface area contributed by atoms with Crippen molar-refractivity contribution in [3.8, 4) is 6.07 Å². The van der Waals surface area contributed by atoms with Gasteiger partial charge in [-0.25, -0.2) is 9.50 Å². The first-order valence-electron chi connectivity index (χ1n) is 11.2. The summed E-state index contributed by atoms with van der Waals surface area (Å²) in [4.78, 5) is 6.93. The van der Waals surface area contributed by atoms with Crippen molar-refractivity contribution in [1.29, 1.82) is 5.26 Å². The van der Waals surface area contributed by atoms with E-state index in [-0.39, 0.29) is 24.2 Å². The average Bonchev–Trinajstić information content (AvgIpc) is 3.11. The highest BCUT2D eigenvalue weighted by molar-refractivity contribution is 5.47. The van der Waals surface area contributed by atoms with Gasteiger partial charge in [0.1, 0.15) is 0 Å². The summed E-state index contributed by atoms with van der Waals surface area (Å²) >= 11 is 0. The van der Waals surface area contributed by atoms with E-state index in [2.05, 4.69) is 24.8 Å². The number of fused-ring (bicyclic) bond motifs is 1. The zero-order valence-electron chi connectivity index (χ0n) is 18.5. The van der Waals surface area contributed by atoms with Gasteiger partial charge in [-0.1, -0.05) is 6.92 Å². The largest absolute Gasteiger partial charge is 0.391 e. The molecule has 0 bridgehead atoms. The van der Waals surface area contributed by atoms with Crippen LogP contribution in [0.4, 0.5) is 13.2 Å². The molecule has 8 heteroatoms. The van der Waals surface area contributed by atoms with E-state index in [9.17, 15) is 13.2 Å². The number of nitriles is 1. The van der Waals surface area contributed by atoms with Crippen molar-refractivity contribution in [3.05, 3.63) is 28.7 Å². The third-order valence-corrected chi connectivity index (χ3v) is 7.35. The number of likely N-dealkylation sites (tertiary alicyclic amines) is 1. The molecule has 4 rings (SSSR count). The number of alkyl halides is 3. The Morgan fingerprint density at radius 2 is 1.94 bits per heavy atom. The van der Waals surface area contributed by atoms with E-state index in [4.69, 9.17) is 15.3 Å². The number of hydrogen-bond donors (Lipinski definition) is 0. The highest BCUT2D eigenvalue weighted by atomic mass is 19.4. The standard InChI is InChI=1S/C23H30F3N5/c1-15-16(2)28-20-13-19(17-5-7-18(8-6-17)23(24,25)26)29-31(20)21(15)22(3)9-4-11-30(14-22)12-10-27/h13,17-18H,4-9,11-12,14H2,1-3H3/t17-,18-,22-/m1/s1. The van der Waals surface area contributed by atoms with Crippen molar-refractivity contribution in [2.45, 2.75) is 76.8 Å². The lowest BCUT2D eigenvalue weighted by Gasteiger charge is -2.40. The van der Waals surface area contributed by atoms with E-state index in [0.717, 1.165) is 54.2 Å². The van der Waals surface area contributed by atoms with Gasteiger partial charge in [0, 0.05) is 29.6 Å². The van der Waals surface area contributed by atoms with Gasteiger partial charge in [0.25, 0.3) is 0 Å². The van der Waals surface area contributed by atoms with Gasteiger partial charge in [0.15, 0.2) is 5.65 Å². The third-order valence-electron chi connectivity index (χ3n) is 7.35. The Morgan fingerprint density at radius 3 is 2.58 bits per heavy atom. The van der Waals surface area contributed by atoms with Gasteiger partial charge in [-0.3, -0.25) is 4.90 Å². The quantitative estimate of drug-likeness (QED) is 0.635. The summed E-state index contributed by atoms with van der Waals surface area (Å²) in [5, 5.41) is 14.1. The Morgan fingerprint density at radius 1 is 1.23 bits per heavy atom. The van der Waals surface area contributed by atoms with Crippen LogP contribution in [0.25, 0.3) is 5.65 Å². The predicted molar refractivity (Wildman–Crippen MR) is 112 cm³/mol. The van der Waals surface area contributed by atoms with Gasteiger partial charge in [0.05, 0.1) is 29.9 Å². The van der Waals surface area contributed by atoms with Crippen molar-refractivity contribution < 1.29 is 13.2 Å². The second-order valence-electron chi connectivity index (χ2n) is 9.63. The van der Waals surface area contributed by atoms with Crippen LogP contribution in [0.2, 0.25) is 0 Å². The number of rotatable bonds is 3. The molecule has 31 heavy (non-hydrogen) atoms. The molecule has 1 atom stereocenters. The molecule has 0 N–H and O–H groups in total. The third kappa shape index (κ3) is 4.17. The molecule has 1 aliphatic heterocycles. The maximum absolute atomic E-state index is 13.1. The highest BCUT2D eigenvalue weighted by Gasteiger charge is 2.42. The fourth-order valence-electron chi connectivity index (χ4n) is 5.62. The fourth-order valence-corrected chi connectivity index (χ4v) is 5.62. The van der Waals surface area contributed by atoms with Gasteiger partial charge >= 0.3 is 6.18 Å². The van der Waals surface area contributed by atoms with Gasteiger partial charge in [-0.2, -0.15) is 23.5 Å². The number of nitrogens with zero attached hydrogens (tertiary/aromatic N) is 5. The van der Waals surface area contributed by atoms with E-state index in [1.807, 2.05) is 17.5 Å². The van der Waals surface area contributed by atoms with Crippen LogP contribution in [-0.4, -0.2) is 45.3 Å². The summed E-state index contributed by atoms with van der Waals surface area (Å²) in [5.41, 5.74) is 4.63. The van der Waals surface area contributed by atoms with Crippen LogP contribution in [0.3, 0.4) is 0 Å². The molecule has 1 aliphatic carbocycles. The molecule has 0 amide bonds. The number of aromatic nitrogens is 3. The van der Waals surface area contributed by atoms with E-state index in [0.29, 0.717) is 19.4 Å². The molecule has 1 saturated carbocycles. The minimum absolute atomic E-state index is 0.0445. The van der Waals surface area contributed by atoms with E-state index < -0.39 is 12.1 Å². The highest BCUT2D eigenvalue weighted by Crippen LogP contribution is 2.43. The predicted octanol–water partition coefficient (Wildman–Crippen LogP) is 5.06. The lowest BCUT2D eigenvalue weighted by Crippen LogP contribution is -2.46. The Hall–Kier alpha value is -2.14. The maximum atomic E-state index is 13.1. The molecule has 168 valence electrons. The second kappa shape index (κ2) is 8.09. The smallest absolute Gasteiger partial charge is 0.290 e. The summed E-state index contributed by atoms with van der Waals surface area (Å²) in [7, 11) is 0. The molecule has 1 saturated heterocycles. The minimum Gasteiger partial charge on any atom is -0.290 e. The molecular weight excluding hydrogens is 403 g/mol. The second-order valence-corrected chi connectivity index (χ2v) is 9.63. The van der Waals surface area contributed by atoms with Crippen LogP contribution in [0.1, 0.15) is 74.0 Å². The molecule has 0 aromatic carbocycles. The summed E-state index contributed by atoms with van der Waals surface area (Å²) in [6, 6.07) is 4.23. The van der Waals surface area contributed by atoms with E-state index in [1.165, 1.54) is 0 Å².